The number of aromatic carboxylic acids is 1. The van der Waals surface area contributed by atoms with Crippen LogP contribution in [0.4, 0.5) is 5.69 Å². The Bertz CT molecular complexity index is 929. The first-order valence-electron chi connectivity index (χ1n) is 6.68. The summed E-state index contributed by atoms with van der Waals surface area (Å²) in [5.74, 6) is -0.540. The topological polar surface area (TPSA) is 105 Å². The monoisotopic (exact) mass is 312 g/mol. The number of nitrogens with one attached hydrogen (secondary N) is 1. The molecule has 2 N–H and O–H groups in total. The van der Waals surface area contributed by atoms with E-state index in [0.29, 0.717) is 27.9 Å². The molecule has 0 fully saturated rings. The smallest absolute Gasteiger partial charge is 0.336 e. The van der Waals surface area contributed by atoms with E-state index in [2.05, 4.69) is 4.98 Å². The van der Waals surface area contributed by atoms with Gasteiger partial charge >= 0.3 is 5.97 Å². The van der Waals surface area contributed by atoms with Crippen LogP contribution in [0.1, 0.15) is 10.4 Å². The molecule has 0 amide bonds. The molecule has 3 aromatic rings. The van der Waals surface area contributed by atoms with Crippen LogP contribution in [0.3, 0.4) is 0 Å². The molecule has 2 aromatic carbocycles. The molecule has 0 aliphatic carbocycles. The van der Waals surface area contributed by atoms with E-state index < -0.39 is 10.9 Å². The van der Waals surface area contributed by atoms with Crippen LogP contribution in [0.2, 0.25) is 0 Å². The van der Waals surface area contributed by atoms with Gasteiger partial charge in [-0.25, -0.2) is 4.79 Å². The normalized spacial score (nSPS) is 10.7. The quantitative estimate of drug-likeness (QED) is 0.567. The number of non-ortho nitro benzene ring substituents is 1. The van der Waals surface area contributed by atoms with Crippen molar-refractivity contribution < 1.29 is 19.6 Å². The van der Waals surface area contributed by atoms with Gasteiger partial charge in [0.2, 0.25) is 0 Å². The molecule has 0 unspecified atom stereocenters. The number of ether oxygens (including phenoxy) is 1. The van der Waals surface area contributed by atoms with Crippen LogP contribution in [0.15, 0.2) is 42.5 Å². The van der Waals surface area contributed by atoms with Crippen LogP contribution in [-0.2, 0) is 0 Å². The molecule has 7 nitrogen and oxygen atoms in total. The second kappa shape index (κ2) is 5.45. The van der Waals surface area contributed by atoms with Gasteiger partial charge in [0.1, 0.15) is 5.75 Å². The second-order valence-corrected chi connectivity index (χ2v) is 4.93. The molecule has 0 saturated heterocycles. The van der Waals surface area contributed by atoms with Crippen LogP contribution in [0.5, 0.6) is 5.75 Å². The highest BCUT2D eigenvalue weighted by Crippen LogP contribution is 2.31. The zero-order chi connectivity index (χ0) is 16.6. The van der Waals surface area contributed by atoms with E-state index in [1.807, 2.05) is 0 Å². The third-order valence-electron chi connectivity index (χ3n) is 3.56. The first kappa shape index (κ1) is 14.6. The molecule has 0 aliphatic rings. The first-order chi connectivity index (χ1) is 11.0. The number of rotatable bonds is 4. The Morgan fingerprint density at radius 1 is 1.22 bits per heavy atom. The number of hydrogen-bond acceptors (Lipinski definition) is 4. The number of methoxy groups -OCH3 is 1. The lowest BCUT2D eigenvalue weighted by atomic mass is 10.0. The third-order valence-corrected chi connectivity index (χ3v) is 3.56. The number of hydrogen-bond donors (Lipinski definition) is 2. The molecule has 0 saturated carbocycles. The number of fused-ring (bicyclic) bond motifs is 1. The Morgan fingerprint density at radius 3 is 2.65 bits per heavy atom. The Morgan fingerprint density at radius 2 is 2.00 bits per heavy atom. The summed E-state index contributed by atoms with van der Waals surface area (Å²) in [5, 5.41) is 20.8. The summed E-state index contributed by atoms with van der Waals surface area (Å²) in [7, 11) is 1.49. The minimum absolute atomic E-state index is 0.0212. The van der Waals surface area contributed by atoms with Gasteiger partial charge in [0.25, 0.3) is 5.69 Å². The average Bonchev–Trinajstić information content (AvgIpc) is 2.96. The van der Waals surface area contributed by atoms with Crippen LogP contribution in [0, 0.1) is 10.1 Å². The fraction of sp³-hybridized carbons (Fsp3) is 0.0625. The number of carboxylic acids is 1. The summed E-state index contributed by atoms with van der Waals surface area (Å²) in [4.78, 5) is 24.9. The zero-order valence-corrected chi connectivity index (χ0v) is 12.1. The Kier molecular flexibility index (Phi) is 3.46. The predicted octanol–water partition coefficient (Wildman–Crippen LogP) is 3.45. The number of aromatic amines is 1. The number of nitrogens with zero attached hydrogens (tertiary/aromatic N) is 1. The molecule has 1 heterocycles. The van der Waals surface area contributed by atoms with Crippen LogP contribution in [0.25, 0.3) is 22.2 Å². The van der Waals surface area contributed by atoms with Gasteiger partial charge in [-0.2, -0.15) is 0 Å². The molecule has 0 radical (unpaired) electrons. The molecular weight excluding hydrogens is 300 g/mol. The number of carbonyl (C=O) groups is 1. The molecule has 23 heavy (non-hydrogen) atoms. The van der Waals surface area contributed by atoms with Gasteiger partial charge in [-0.3, -0.25) is 10.1 Å². The minimum atomic E-state index is -1.06. The maximum atomic E-state index is 11.4. The summed E-state index contributed by atoms with van der Waals surface area (Å²) in [6.45, 7) is 0. The molecule has 0 atom stereocenters. The standard InChI is InChI=1S/C16H12N2O5/c1-23-11-3-4-12(16(19)20)13(8-11)15-7-9-6-10(18(21)22)2-5-14(9)17-15/h2-8,17H,1H3,(H,19,20). The van der Waals surface area contributed by atoms with Crippen molar-refractivity contribution in [3.05, 3.63) is 58.1 Å². The van der Waals surface area contributed by atoms with Crippen molar-refractivity contribution in [3.8, 4) is 17.0 Å². The maximum Gasteiger partial charge on any atom is 0.336 e. The number of H-pyrrole nitrogens is 1. The van der Waals surface area contributed by atoms with E-state index in [1.165, 1.54) is 25.3 Å². The largest absolute Gasteiger partial charge is 0.497 e. The van der Waals surface area contributed by atoms with Crippen LogP contribution < -0.4 is 4.74 Å². The number of aromatic nitrogens is 1. The predicted molar refractivity (Wildman–Crippen MR) is 83.9 cm³/mol. The molecular formula is C16H12N2O5. The molecule has 1 aromatic heterocycles. The van der Waals surface area contributed by atoms with Gasteiger partial charge in [-0.1, -0.05) is 0 Å². The van der Waals surface area contributed by atoms with Crippen LogP contribution >= 0.6 is 0 Å². The van der Waals surface area contributed by atoms with Crippen molar-refractivity contribution in [3.63, 3.8) is 0 Å². The molecule has 7 heteroatoms. The van der Waals surface area contributed by atoms with E-state index in [0.717, 1.165) is 0 Å². The molecule has 3 rings (SSSR count). The summed E-state index contributed by atoms with van der Waals surface area (Å²) in [6, 6.07) is 10.8. The van der Waals surface area contributed by atoms with Gasteiger partial charge in [0.05, 0.1) is 17.6 Å². The highest BCUT2D eigenvalue weighted by molar-refractivity contribution is 5.98. The van der Waals surface area contributed by atoms with E-state index in [4.69, 9.17) is 4.74 Å². The number of benzene rings is 2. The van der Waals surface area contributed by atoms with Gasteiger partial charge in [-0.05, 0) is 30.3 Å². The lowest BCUT2D eigenvalue weighted by Crippen LogP contribution is -2.00. The summed E-state index contributed by atoms with van der Waals surface area (Å²) < 4.78 is 5.14. The number of nitro benzene ring substituents is 1. The van der Waals surface area contributed by atoms with Crippen molar-refractivity contribution in [2.45, 2.75) is 0 Å². The van der Waals surface area contributed by atoms with Crippen molar-refractivity contribution in [1.82, 2.24) is 4.98 Å². The van der Waals surface area contributed by atoms with E-state index in [9.17, 15) is 20.0 Å². The molecule has 116 valence electrons. The SMILES string of the molecule is COc1ccc(C(=O)O)c(-c2cc3cc([N+](=O)[O-])ccc3[nH]2)c1. The van der Waals surface area contributed by atoms with Crippen molar-refractivity contribution in [2.75, 3.05) is 7.11 Å². The number of nitro groups is 1. The van der Waals surface area contributed by atoms with Crippen molar-refractivity contribution >= 4 is 22.6 Å². The Balaban J connectivity index is 2.19. The summed E-state index contributed by atoms with van der Waals surface area (Å²) >= 11 is 0. The lowest BCUT2D eigenvalue weighted by Gasteiger charge is -2.07. The van der Waals surface area contributed by atoms with Crippen molar-refractivity contribution in [1.29, 1.82) is 0 Å². The van der Waals surface area contributed by atoms with Gasteiger partial charge in [0, 0.05) is 34.3 Å². The van der Waals surface area contributed by atoms with Crippen LogP contribution in [-0.4, -0.2) is 28.1 Å². The van der Waals surface area contributed by atoms with Crippen molar-refractivity contribution in [2.24, 2.45) is 0 Å². The Labute approximate surface area is 130 Å². The molecule has 0 spiro atoms. The summed E-state index contributed by atoms with van der Waals surface area (Å²) in [5.41, 5.74) is 1.79. The first-order valence-corrected chi connectivity index (χ1v) is 6.68. The second-order valence-electron chi connectivity index (χ2n) is 4.93. The fourth-order valence-corrected chi connectivity index (χ4v) is 2.44. The maximum absolute atomic E-state index is 11.4. The van der Waals surface area contributed by atoms with Gasteiger partial charge < -0.3 is 14.8 Å². The fourth-order valence-electron chi connectivity index (χ4n) is 2.44. The van der Waals surface area contributed by atoms with Gasteiger partial charge in [0.15, 0.2) is 0 Å². The zero-order valence-electron chi connectivity index (χ0n) is 12.1. The molecule has 0 aliphatic heterocycles. The number of carboxylic acid groups (broad SMARTS) is 1. The van der Waals surface area contributed by atoms with Gasteiger partial charge in [-0.15, -0.1) is 0 Å². The lowest BCUT2D eigenvalue weighted by molar-refractivity contribution is -0.384. The van der Waals surface area contributed by atoms with E-state index >= 15 is 0 Å². The van der Waals surface area contributed by atoms with E-state index in [1.54, 1.807) is 24.3 Å². The highest BCUT2D eigenvalue weighted by Gasteiger charge is 2.16. The Hall–Kier alpha value is -3.35. The highest BCUT2D eigenvalue weighted by atomic mass is 16.6. The minimum Gasteiger partial charge on any atom is -0.497 e. The van der Waals surface area contributed by atoms with E-state index in [-0.39, 0.29) is 11.3 Å². The summed E-state index contributed by atoms with van der Waals surface area (Å²) in [6.07, 6.45) is 0. The average molecular weight is 312 g/mol. The third kappa shape index (κ3) is 2.59. The molecule has 0 bridgehead atoms.